The van der Waals surface area contributed by atoms with Gasteiger partial charge in [0.05, 0.1) is 39.3 Å². The van der Waals surface area contributed by atoms with Crippen molar-refractivity contribution in [2.75, 3.05) is 0 Å². The first-order valence-corrected chi connectivity index (χ1v) is 22.2. The van der Waals surface area contributed by atoms with Gasteiger partial charge in [-0.05, 0) is 89.5 Å². The second-order valence-electron chi connectivity index (χ2n) is 17.9. The summed E-state index contributed by atoms with van der Waals surface area (Å²) < 4.78 is 35.2. The molecule has 0 spiro atoms. The summed E-state index contributed by atoms with van der Waals surface area (Å²) in [5.41, 5.74) is 15.8. The standard InChI is InChI=1S/C33H31N2O.C25H25N2.Ir/c1-19(2)26-17-21(5)18-27(20(3)4)30(26)35-29-16-8-7-15-28(29)34-33(35)25-14-10-13-24-23-12-9-11-22(6)31(23)36-32(24)25;1-17(2)20-13-10-14-21(18(3)4)24(20)27-23-16-9-8-15-22(23)26-25(27)19-11-6-5-7-12-19;/h7-13,15-20H,1-6H3;5-11,13-18H,1-4H3;/q2*-1;/i6D3;;. The maximum absolute atomic E-state index is 8.06. The Morgan fingerprint density at radius 2 is 1.06 bits per heavy atom. The molecule has 3 heterocycles. The van der Waals surface area contributed by atoms with E-state index >= 15 is 0 Å². The maximum atomic E-state index is 8.06. The van der Waals surface area contributed by atoms with Crippen molar-refractivity contribution in [3.8, 4) is 34.2 Å². The summed E-state index contributed by atoms with van der Waals surface area (Å²) in [6, 6.07) is 51.8. The van der Waals surface area contributed by atoms with Crippen LogP contribution in [0.5, 0.6) is 0 Å². The molecule has 3 aromatic heterocycles. The summed E-state index contributed by atoms with van der Waals surface area (Å²) in [7, 11) is 0. The molecular formula is C58H56IrN4O-2. The fourth-order valence-electron chi connectivity index (χ4n) is 9.06. The first-order valence-electron chi connectivity index (χ1n) is 23.7. The Morgan fingerprint density at radius 3 is 1.64 bits per heavy atom. The van der Waals surface area contributed by atoms with E-state index in [-0.39, 0.29) is 25.7 Å². The number of furan rings is 1. The normalized spacial score (nSPS) is 12.6. The number of nitrogens with zero attached hydrogens (tertiary/aromatic N) is 4. The summed E-state index contributed by atoms with van der Waals surface area (Å²) in [4.78, 5) is 10.1. The first kappa shape index (κ1) is 40.7. The molecule has 0 unspecified atom stereocenters. The van der Waals surface area contributed by atoms with Gasteiger partial charge in [-0.3, -0.25) is 9.97 Å². The molecule has 0 aliphatic heterocycles. The Kier molecular flexibility index (Phi) is 11.6. The molecule has 0 bridgehead atoms. The Hall–Kier alpha value is -6.07. The fraction of sp³-hybridized carbons (Fsp3) is 0.241. The molecule has 6 heteroatoms. The Bertz CT molecular complexity index is 3340. The Morgan fingerprint density at radius 1 is 0.531 bits per heavy atom. The SMILES string of the molecule is CC(C)c1cccc(C(C)C)c1-n1c(-c2[c-]cccc2)nc2ccccc21.[2H]C([2H])([2H])c1cccc2c1oc1c(-c3nc4ccccc4n3-c3c(C(C)C)cc(C)cc3C(C)C)[c-]ccc12.[Ir]. The van der Waals surface area contributed by atoms with Crippen molar-refractivity contribution in [2.45, 2.75) is 92.8 Å². The quantitative estimate of drug-likeness (QED) is 0.143. The minimum absolute atomic E-state index is 0. The number of hydrogen-bond donors (Lipinski definition) is 0. The third-order valence-electron chi connectivity index (χ3n) is 12.1. The summed E-state index contributed by atoms with van der Waals surface area (Å²) >= 11 is 0. The van der Waals surface area contributed by atoms with Crippen molar-refractivity contribution < 1.29 is 28.6 Å². The molecule has 1 radical (unpaired) electrons. The largest absolute Gasteiger partial charge is 0.500 e. The second-order valence-corrected chi connectivity index (χ2v) is 17.9. The topological polar surface area (TPSA) is 48.8 Å². The summed E-state index contributed by atoms with van der Waals surface area (Å²) in [6.07, 6.45) is 0. The number of para-hydroxylation sites is 6. The molecule has 0 amide bonds. The molecule has 10 aromatic rings. The van der Waals surface area contributed by atoms with Crippen LogP contribution in [-0.2, 0) is 20.1 Å². The van der Waals surface area contributed by atoms with Crippen molar-refractivity contribution in [1.29, 1.82) is 0 Å². The van der Waals surface area contributed by atoms with Gasteiger partial charge >= 0.3 is 0 Å². The molecule has 64 heavy (non-hydrogen) atoms. The van der Waals surface area contributed by atoms with Crippen molar-refractivity contribution in [3.05, 3.63) is 179 Å². The van der Waals surface area contributed by atoms with E-state index in [4.69, 9.17) is 18.5 Å². The van der Waals surface area contributed by atoms with E-state index in [1.165, 1.54) is 33.5 Å². The van der Waals surface area contributed by atoms with E-state index < -0.39 is 6.85 Å². The van der Waals surface area contributed by atoms with E-state index in [1.807, 2.05) is 54.6 Å². The molecule has 0 saturated heterocycles. The minimum atomic E-state index is -2.29. The number of imidazole rings is 2. The van der Waals surface area contributed by atoms with E-state index in [1.54, 1.807) is 12.1 Å². The van der Waals surface area contributed by atoms with Crippen LogP contribution in [0.2, 0.25) is 0 Å². The summed E-state index contributed by atoms with van der Waals surface area (Å²) in [5.74, 6) is 3.11. The number of aromatic nitrogens is 4. The van der Waals surface area contributed by atoms with Gasteiger partial charge in [0, 0.05) is 41.0 Å². The molecule has 0 fully saturated rings. The second kappa shape index (κ2) is 18.2. The van der Waals surface area contributed by atoms with E-state index in [9.17, 15) is 0 Å². The molecule has 10 rings (SSSR count). The number of rotatable bonds is 8. The van der Waals surface area contributed by atoms with Gasteiger partial charge in [0.1, 0.15) is 5.58 Å². The van der Waals surface area contributed by atoms with Crippen LogP contribution in [0.1, 0.15) is 117 Å². The Balaban J connectivity index is 0.000000191. The molecule has 325 valence electrons. The van der Waals surface area contributed by atoms with Crippen molar-refractivity contribution >= 4 is 44.0 Å². The zero-order valence-electron chi connectivity index (χ0n) is 41.0. The Labute approximate surface area is 395 Å². The van der Waals surface area contributed by atoms with Crippen LogP contribution in [0.25, 0.3) is 78.2 Å². The molecule has 0 saturated carbocycles. The zero-order valence-corrected chi connectivity index (χ0v) is 40.4. The predicted octanol–water partition coefficient (Wildman–Crippen LogP) is 16.0. The molecule has 7 aromatic carbocycles. The number of fused-ring (bicyclic) bond motifs is 5. The van der Waals surface area contributed by atoms with Crippen molar-refractivity contribution in [2.24, 2.45) is 0 Å². The van der Waals surface area contributed by atoms with Crippen LogP contribution in [0.15, 0.2) is 138 Å². The number of benzene rings is 7. The number of aryl methyl sites for hydroxylation is 2. The van der Waals surface area contributed by atoms with Crippen LogP contribution in [0, 0.1) is 25.9 Å². The van der Waals surface area contributed by atoms with E-state index in [0.29, 0.717) is 40.4 Å². The van der Waals surface area contributed by atoms with Crippen molar-refractivity contribution in [3.63, 3.8) is 0 Å². The molecular weight excluding hydrogens is 961 g/mol. The fourth-order valence-corrected chi connectivity index (χ4v) is 9.06. The molecule has 0 N–H and O–H groups in total. The van der Waals surface area contributed by atoms with Gasteiger partial charge in [-0.2, -0.15) is 0 Å². The van der Waals surface area contributed by atoms with Gasteiger partial charge in [-0.15, -0.1) is 54.1 Å². The molecule has 0 aliphatic rings. The van der Waals surface area contributed by atoms with Crippen LogP contribution >= 0.6 is 0 Å². The van der Waals surface area contributed by atoms with Gasteiger partial charge in [-0.1, -0.05) is 145 Å². The van der Waals surface area contributed by atoms with Crippen LogP contribution in [-0.4, -0.2) is 19.1 Å². The van der Waals surface area contributed by atoms with E-state index in [0.717, 1.165) is 55.7 Å². The average molecular weight is 1020 g/mol. The number of hydrogen-bond acceptors (Lipinski definition) is 3. The van der Waals surface area contributed by atoms with Crippen LogP contribution in [0.3, 0.4) is 0 Å². The third-order valence-corrected chi connectivity index (χ3v) is 12.1. The third kappa shape index (κ3) is 7.92. The summed E-state index contributed by atoms with van der Waals surface area (Å²) in [6.45, 7) is 17.8. The smallest absolute Gasteiger partial charge is 0.123 e. The predicted molar refractivity (Wildman–Crippen MR) is 264 cm³/mol. The molecule has 0 atom stereocenters. The van der Waals surface area contributed by atoms with Gasteiger partial charge in [0.2, 0.25) is 0 Å². The summed E-state index contributed by atoms with van der Waals surface area (Å²) in [5, 5.41) is 1.62. The van der Waals surface area contributed by atoms with Gasteiger partial charge in [0.15, 0.2) is 0 Å². The first-order chi connectivity index (χ1) is 31.6. The van der Waals surface area contributed by atoms with Crippen molar-refractivity contribution in [1.82, 2.24) is 19.1 Å². The molecule has 0 aliphatic carbocycles. The zero-order chi connectivity index (χ0) is 46.6. The maximum Gasteiger partial charge on any atom is 0.123 e. The monoisotopic (exact) mass is 1020 g/mol. The average Bonchev–Trinajstić information content (AvgIpc) is 4.00. The van der Waals surface area contributed by atoms with Gasteiger partial charge in [-0.25, -0.2) is 0 Å². The van der Waals surface area contributed by atoms with Gasteiger partial charge in [0.25, 0.3) is 0 Å². The molecule has 5 nitrogen and oxygen atoms in total. The van der Waals surface area contributed by atoms with Crippen LogP contribution in [0.4, 0.5) is 0 Å². The van der Waals surface area contributed by atoms with Crippen LogP contribution < -0.4 is 0 Å². The minimum Gasteiger partial charge on any atom is -0.500 e. The van der Waals surface area contributed by atoms with Gasteiger partial charge < -0.3 is 13.6 Å². The van der Waals surface area contributed by atoms with E-state index in [2.05, 4.69) is 150 Å².